The Hall–Kier alpha value is -0.660. The van der Waals surface area contributed by atoms with E-state index in [1.54, 1.807) is 0 Å². The van der Waals surface area contributed by atoms with Gasteiger partial charge < -0.3 is 0 Å². The van der Waals surface area contributed by atoms with E-state index < -0.39 is 0 Å². The van der Waals surface area contributed by atoms with E-state index in [0.29, 0.717) is 0 Å². The van der Waals surface area contributed by atoms with Gasteiger partial charge in [0.25, 0.3) is 0 Å². The number of ketones is 2. The van der Waals surface area contributed by atoms with Gasteiger partial charge in [-0.1, -0.05) is 33.1 Å². The molecule has 1 saturated carbocycles. The summed E-state index contributed by atoms with van der Waals surface area (Å²) in [6, 6.07) is 0. The molecule has 0 heterocycles. The van der Waals surface area contributed by atoms with E-state index in [0.717, 1.165) is 32.1 Å². The molecule has 0 aromatic carbocycles. The van der Waals surface area contributed by atoms with Crippen LogP contribution < -0.4 is 0 Å². The zero-order valence-electron chi connectivity index (χ0n) is 9.92. The van der Waals surface area contributed by atoms with Crippen molar-refractivity contribution in [3.8, 4) is 0 Å². The highest BCUT2D eigenvalue weighted by Crippen LogP contribution is 2.25. The number of carbonyl (C=O) groups excluding carboxylic acids is 2. The van der Waals surface area contributed by atoms with Crippen LogP contribution in [0.3, 0.4) is 0 Å². The standard InChI is InChI=1S/C13H22O2/c1-3-10(2)12(14)9-13(15)11-7-5-4-6-8-11/h10-11H,3-9H2,1-2H3. The summed E-state index contributed by atoms with van der Waals surface area (Å²) in [7, 11) is 0. The second-order valence-electron chi connectivity index (χ2n) is 4.75. The first-order valence-corrected chi connectivity index (χ1v) is 6.20. The van der Waals surface area contributed by atoms with E-state index in [2.05, 4.69) is 0 Å². The van der Waals surface area contributed by atoms with Gasteiger partial charge in [-0.15, -0.1) is 0 Å². The molecule has 15 heavy (non-hydrogen) atoms. The fourth-order valence-corrected chi connectivity index (χ4v) is 2.14. The highest BCUT2D eigenvalue weighted by molar-refractivity contribution is 6.00. The van der Waals surface area contributed by atoms with Crippen molar-refractivity contribution in [3.05, 3.63) is 0 Å². The summed E-state index contributed by atoms with van der Waals surface area (Å²) < 4.78 is 0. The fourth-order valence-electron chi connectivity index (χ4n) is 2.14. The predicted molar refractivity (Wildman–Crippen MR) is 60.7 cm³/mol. The lowest BCUT2D eigenvalue weighted by Crippen LogP contribution is -2.23. The molecule has 2 nitrogen and oxygen atoms in total. The fraction of sp³-hybridized carbons (Fsp3) is 0.846. The van der Waals surface area contributed by atoms with Crippen molar-refractivity contribution < 1.29 is 9.59 Å². The van der Waals surface area contributed by atoms with Gasteiger partial charge >= 0.3 is 0 Å². The molecule has 0 bridgehead atoms. The average Bonchev–Trinajstić information content (AvgIpc) is 2.29. The Labute approximate surface area is 92.4 Å². The predicted octanol–water partition coefficient (Wildman–Crippen LogP) is 3.14. The SMILES string of the molecule is CCC(C)C(=O)CC(=O)C1CCCCC1. The van der Waals surface area contributed by atoms with E-state index in [1.165, 1.54) is 6.42 Å². The van der Waals surface area contributed by atoms with Crippen LogP contribution in [0, 0.1) is 11.8 Å². The molecule has 2 heteroatoms. The Morgan fingerprint density at radius 2 is 1.80 bits per heavy atom. The van der Waals surface area contributed by atoms with Crippen LogP contribution in [0.25, 0.3) is 0 Å². The van der Waals surface area contributed by atoms with E-state index >= 15 is 0 Å². The second-order valence-corrected chi connectivity index (χ2v) is 4.75. The molecule has 1 fully saturated rings. The molecule has 1 rings (SSSR count). The molecule has 0 N–H and O–H groups in total. The largest absolute Gasteiger partial charge is 0.299 e. The summed E-state index contributed by atoms with van der Waals surface area (Å²) >= 11 is 0. The molecule has 0 aromatic heterocycles. The smallest absolute Gasteiger partial charge is 0.143 e. The summed E-state index contributed by atoms with van der Waals surface area (Å²) in [5, 5.41) is 0. The number of carbonyl (C=O) groups is 2. The molecule has 1 aliphatic carbocycles. The van der Waals surface area contributed by atoms with Gasteiger partial charge in [0.2, 0.25) is 0 Å². The Morgan fingerprint density at radius 3 is 2.33 bits per heavy atom. The minimum absolute atomic E-state index is 0.0533. The Kier molecular flexibility index (Phi) is 5.00. The third-order valence-electron chi connectivity index (χ3n) is 3.57. The maximum Gasteiger partial charge on any atom is 0.143 e. The van der Waals surface area contributed by atoms with E-state index in [4.69, 9.17) is 0 Å². The molecule has 1 unspecified atom stereocenters. The molecule has 0 aliphatic heterocycles. The normalized spacial score (nSPS) is 19.9. The molecular weight excluding hydrogens is 188 g/mol. The van der Waals surface area contributed by atoms with Gasteiger partial charge in [-0.2, -0.15) is 0 Å². The van der Waals surface area contributed by atoms with Crippen molar-refractivity contribution in [3.63, 3.8) is 0 Å². The zero-order valence-corrected chi connectivity index (χ0v) is 9.92. The van der Waals surface area contributed by atoms with Gasteiger partial charge in [-0.25, -0.2) is 0 Å². The summed E-state index contributed by atoms with van der Waals surface area (Å²) in [5.41, 5.74) is 0. The van der Waals surface area contributed by atoms with Gasteiger partial charge in [0, 0.05) is 11.8 Å². The monoisotopic (exact) mass is 210 g/mol. The minimum Gasteiger partial charge on any atom is -0.299 e. The second kappa shape index (κ2) is 6.04. The van der Waals surface area contributed by atoms with Crippen LogP contribution >= 0.6 is 0 Å². The zero-order chi connectivity index (χ0) is 11.3. The number of hydrogen-bond donors (Lipinski definition) is 0. The van der Waals surface area contributed by atoms with Gasteiger partial charge in [0.1, 0.15) is 11.6 Å². The van der Waals surface area contributed by atoms with Gasteiger partial charge in [-0.3, -0.25) is 9.59 Å². The topological polar surface area (TPSA) is 34.1 Å². The van der Waals surface area contributed by atoms with Gasteiger partial charge in [0.15, 0.2) is 0 Å². The number of hydrogen-bond acceptors (Lipinski definition) is 2. The van der Waals surface area contributed by atoms with Crippen molar-refractivity contribution in [2.24, 2.45) is 11.8 Å². The van der Waals surface area contributed by atoms with E-state index in [9.17, 15) is 9.59 Å². The Bertz CT molecular complexity index is 227. The quantitative estimate of drug-likeness (QED) is 0.653. The molecule has 0 saturated heterocycles. The number of Topliss-reactive ketones (excluding diaryl/α,β-unsaturated/α-hetero) is 2. The molecule has 86 valence electrons. The molecule has 0 aromatic rings. The Morgan fingerprint density at radius 1 is 1.20 bits per heavy atom. The third-order valence-corrected chi connectivity index (χ3v) is 3.57. The maximum absolute atomic E-state index is 11.8. The van der Waals surface area contributed by atoms with Gasteiger partial charge in [-0.05, 0) is 19.3 Å². The minimum atomic E-state index is 0.0533. The first-order valence-electron chi connectivity index (χ1n) is 6.20. The molecule has 0 radical (unpaired) electrons. The summed E-state index contributed by atoms with van der Waals surface area (Å²) in [6.07, 6.45) is 6.61. The summed E-state index contributed by atoms with van der Waals surface area (Å²) in [5.74, 6) is 0.567. The van der Waals surface area contributed by atoms with Crippen molar-refractivity contribution in [1.29, 1.82) is 0 Å². The third kappa shape index (κ3) is 3.77. The van der Waals surface area contributed by atoms with Crippen molar-refractivity contribution in [2.75, 3.05) is 0 Å². The van der Waals surface area contributed by atoms with Gasteiger partial charge in [0.05, 0.1) is 6.42 Å². The lowest BCUT2D eigenvalue weighted by Gasteiger charge is -2.20. The van der Waals surface area contributed by atoms with Crippen LogP contribution in [-0.4, -0.2) is 11.6 Å². The average molecular weight is 210 g/mol. The lowest BCUT2D eigenvalue weighted by atomic mass is 9.83. The lowest BCUT2D eigenvalue weighted by molar-refractivity contribution is -0.131. The van der Waals surface area contributed by atoms with Crippen molar-refractivity contribution >= 4 is 11.6 Å². The highest BCUT2D eigenvalue weighted by atomic mass is 16.1. The van der Waals surface area contributed by atoms with E-state index in [-0.39, 0.29) is 29.8 Å². The van der Waals surface area contributed by atoms with Crippen LogP contribution in [0.2, 0.25) is 0 Å². The summed E-state index contributed by atoms with van der Waals surface area (Å²) in [6.45, 7) is 3.91. The molecule has 0 spiro atoms. The number of rotatable bonds is 5. The summed E-state index contributed by atoms with van der Waals surface area (Å²) in [4.78, 5) is 23.4. The van der Waals surface area contributed by atoms with Crippen LogP contribution in [0.4, 0.5) is 0 Å². The first kappa shape index (κ1) is 12.4. The van der Waals surface area contributed by atoms with Crippen LogP contribution in [-0.2, 0) is 9.59 Å². The molecular formula is C13H22O2. The van der Waals surface area contributed by atoms with Crippen molar-refractivity contribution in [1.82, 2.24) is 0 Å². The van der Waals surface area contributed by atoms with Crippen LogP contribution in [0.5, 0.6) is 0 Å². The van der Waals surface area contributed by atoms with Crippen LogP contribution in [0.1, 0.15) is 58.8 Å². The van der Waals surface area contributed by atoms with E-state index in [1.807, 2.05) is 13.8 Å². The Balaban J connectivity index is 2.37. The first-order chi connectivity index (χ1) is 7.15. The maximum atomic E-state index is 11.8. The van der Waals surface area contributed by atoms with Crippen LogP contribution in [0.15, 0.2) is 0 Å². The van der Waals surface area contributed by atoms with Crippen molar-refractivity contribution in [2.45, 2.75) is 58.8 Å². The highest BCUT2D eigenvalue weighted by Gasteiger charge is 2.24. The molecule has 1 aliphatic rings. The molecule has 1 atom stereocenters. The molecule has 0 amide bonds.